The van der Waals surface area contributed by atoms with Crippen molar-refractivity contribution in [3.05, 3.63) is 29.3 Å². The van der Waals surface area contributed by atoms with Gasteiger partial charge >= 0.3 is 0 Å². The van der Waals surface area contributed by atoms with Crippen molar-refractivity contribution in [2.24, 2.45) is 0 Å². The Morgan fingerprint density at radius 3 is 3.05 bits per heavy atom. The molecule has 21 heavy (non-hydrogen) atoms. The monoisotopic (exact) mass is 305 g/mol. The molecule has 1 aromatic heterocycles. The van der Waals surface area contributed by atoms with E-state index in [2.05, 4.69) is 15.6 Å². The molecule has 1 amide bonds. The van der Waals surface area contributed by atoms with E-state index in [4.69, 9.17) is 9.47 Å². The number of rotatable bonds is 5. The number of nitrogens with zero attached hydrogens (tertiary/aromatic N) is 1. The van der Waals surface area contributed by atoms with E-state index in [-0.39, 0.29) is 12.7 Å². The van der Waals surface area contributed by atoms with E-state index in [1.165, 1.54) is 11.3 Å². The second kappa shape index (κ2) is 6.11. The van der Waals surface area contributed by atoms with Gasteiger partial charge in [0.2, 0.25) is 6.79 Å². The molecule has 0 atom stereocenters. The van der Waals surface area contributed by atoms with Crippen LogP contribution in [0.25, 0.3) is 10.6 Å². The highest BCUT2D eigenvalue weighted by atomic mass is 32.1. The van der Waals surface area contributed by atoms with Crippen molar-refractivity contribution in [1.82, 2.24) is 15.6 Å². The van der Waals surface area contributed by atoms with Gasteiger partial charge in [-0.3, -0.25) is 4.79 Å². The normalized spacial score (nSPS) is 12.4. The van der Waals surface area contributed by atoms with Crippen LogP contribution < -0.4 is 20.1 Å². The van der Waals surface area contributed by atoms with E-state index in [0.717, 1.165) is 22.9 Å². The number of benzene rings is 1. The molecule has 3 rings (SSSR count). The van der Waals surface area contributed by atoms with Crippen LogP contribution in [-0.2, 0) is 0 Å². The third-order valence-electron chi connectivity index (χ3n) is 3.01. The molecule has 2 heterocycles. The van der Waals surface area contributed by atoms with E-state index in [1.807, 2.05) is 25.2 Å². The van der Waals surface area contributed by atoms with Gasteiger partial charge in [0.25, 0.3) is 5.91 Å². The number of aromatic nitrogens is 1. The highest BCUT2D eigenvalue weighted by Gasteiger charge is 2.16. The molecular weight excluding hydrogens is 290 g/mol. The Hall–Kier alpha value is -2.12. The summed E-state index contributed by atoms with van der Waals surface area (Å²) in [5.74, 6) is 1.35. The Balaban J connectivity index is 1.74. The summed E-state index contributed by atoms with van der Waals surface area (Å²) in [7, 11) is 1.84. The quantitative estimate of drug-likeness (QED) is 0.819. The van der Waals surface area contributed by atoms with Crippen LogP contribution in [0.2, 0.25) is 0 Å². The van der Waals surface area contributed by atoms with Gasteiger partial charge in [-0.1, -0.05) is 0 Å². The fraction of sp³-hybridized carbons (Fsp3) is 0.286. The van der Waals surface area contributed by atoms with Gasteiger partial charge in [0.15, 0.2) is 11.5 Å². The minimum atomic E-state index is -0.102. The van der Waals surface area contributed by atoms with Crippen molar-refractivity contribution in [3.63, 3.8) is 0 Å². The number of hydrogen-bond donors (Lipinski definition) is 2. The van der Waals surface area contributed by atoms with E-state index in [9.17, 15) is 4.79 Å². The lowest BCUT2D eigenvalue weighted by atomic mass is 10.2. The van der Waals surface area contributed by atoms with Crippen LogP contribution in [0.1, 0.15) is 9.67 Å². The standard InChI is InChI=1S/C14H15N3O3S/c1-15-4-5-16-13(18)12-7-17-14(21-12)9-2-3-10-11(6-9)20-8-19-10/h2-3,6-7,15H,4-5,8H2,1H3,(H,16,18). The molecule has 0 saturated carbocycles. The van der Waals surface area contributed by atoms with Gasteiger partial charge < -0.3 is 20.1 Å². The van der Waals surface area contributed by atoms with E-state index in [1.54, 1.807) is 6.20 Å². The van der Waals surface area contributed by atoms with Crippen molar-refractivity contribution in [1.29, 1.82) is 0 Å². The Morgan fingerprint density at radius 2 is 2.19 bits per heavy atom. The molecule has 7 heteroatoms. The molecular formula is C14H15N3O3S. The average Bonchev–Trinajstić information content (AvgIpc) is 3.15. The van der Waals surface area contributed by atoms with Crippen LogP contribution in [0.3, 0.4) is 0 Å². The van der Waals surface area contributed by atoms with Crippen LogP contribution >= 0.6 is 11.3 Å². The third-order valence-corrected chi connectivity index (χ3v) is 4.05. The smallest absolute Gasteiger partial charge is 0.263 e. The predicted octanol–water partition coefficient (Wildman–Crippen LogP) is 1.49. The molecule has 6 nitrogen and oxygen atoms in total. The second-order valence-corrected chi connectivity index (χ2v) is 5.49. The number of likely N-dealkylation sites (N-methyl/N-ethyl adjacent to an activating group) is 1. The van der Waals surface area contributed by atoms with Crippen LogP contribution in [0, 0.1) is 0 Å². The highest BCUT2D eigenvalue weighted by Crippen LogP contribution is 2.36. The van der Waals surface area contributed by atoms with Crippen molar-refractivity contribution < 1.29 is 14.3 Å². The molecule has 110 valence electrons. The summed E-state index contributed by atoms with van der Waals surface area (Å²) in [6.07, 6.45) is 1.60. The maximum Gasteiger partial charge on any atom is 0.263 e. The molecule has 1 aliphatic heterocycles. The zero-order valence-electron chi connectivity index (χ0n) is 11.5. The lowest BCUT2D eigenvalue weighted by Crippen LogP contribution is -2.29. The lowest BCUT2D eigenvalue weighted by molar-refractivity contribution is 0.0958. The van der Waals surface area contributed by atoms with Crippen LogP contribution in [0.5, 0.6) is 11.5 Å². The molecule has 0 unspecified atom stereocenters. The molecule has 1 aliphatic rings. The fourth-order valence-electron chi connectivity index (χ4n) is 1.93. The Labute approximate surface area is 126 Å². The maximum atomic E-state index is 11.9. The Kier molecular flexibility index (Phi) is 4.03. The van der Waals surface area contributed by atoms with E-state index in [0.29, 0.717) is 17.2 Å². The van der Waals surface area contributed by atoms with Gasteiger partial charge in [0.05, 0.1) is 6.20 Å². The SMILES string of the molecule is CNCCNC(=O)c1cnc(-c2ccc3c(c2)OCO3)s1. The summed E-state index contributed by atoms with van der Waals surface area (Å²) in [5, 5.41) is 6.59. The first-order valence-corrected chi connectivity index (χ1v) is 7.38. The molecule has 0 bridgehead atoms. The highest BCUT2D eigenvalue weighted by molar-refractivity contribution is 7.16. The Morgan fingerprint density at radius 1 is 1.33 bits per heavy atom. The molecule has 0 saturated heterocycles. The first-order valence-electron chi connectivity index (χ1n) is 6.56. The van der Waals surface area contributed by atoms with Crippen molar-refractivity contribution in [2.75, 3.05) is 26.9 Å². The molecule has 0 aliphatic carbocycles. The number of thiazole rings is 1. The maximum absolute atomic E-state index is 11.9. The molecule has 1 aromatic carbocycles. The molecule has 2 N–H and O–H groups in total. The van der Waals surface area contributed by atoms with Crippen LogP contribution in [0.15, 0.2) is 24.4 Å². The molecule has 2 aromatic rings. The largest absolute Gasteiger partial charge is 0.454 e. The van der Waals surface area contributed by atoms with E-state index < -0.39 is 0 Å². The summed E-state index contributed by atoms with van der Waals surface area (Å²) in [6.45, 7) is 1.57. The summed E-state index contributed by atoms with van der Waals surface area (Å²) in [6, 6.07) is 5.64. The number of amides is 1. The van der Waals surface area contributed by atoms with Crippen molar-refractivity contribution in [3.8, 4) is 22.1 Å². The number of ether oxygens (including phenoxy) is 2. The zero-order chi connectivity index (χ0) is 14.7. The number of nitrogens with one attached hydrogen (secondary N) is 2. The van der Waals surface area contributed by atoms with Gasteiger partial charge in [0.1, 0.15) is 9.88 Å². The van der Waals surface area contributed by atoms with Gasteiger partial charge in [-0.25, -0.2) is 4.98 Å². The third kappa shape index (κ3) is 2.98. The van der Waals surface area contributed by atoms with E-state index >= 15 is 0 Å². The summed E-state index contributed by atoms with van der Waals surface area (Å²) in [4.78, 5) is 16.8. The van der Waals surface area contributed by atoms with Gasteiger partial charge in [-0.2, -0.15) is 0 Å². The van der Waals surface area contributed by atoms with Gasteiger partial charge in [-0.05, 0) is 25.2 Å². The molecule has 0 radical (unpaired) electrons. The average molecular weight is 305 g/mol. The topological polar surface area (TPSA) is 72.5 Å². The van der Waals surface area contributed by atoms with Crippen molar-refractivity contribution in [2.45, 2.75) is 0 Å². The fourth-order valence-corrected chi connectivity index (χ4v) is 2.76. The second-order valence-electron chi connectivity index (χ2n) is 4.46. The summed E-state index contributed by atoms with van der Waals surface area (Å²) in [5.41, 5.74) is 0.915. The number of carbonyl (C=O) groups is 1. The van der Waals surface area contributed by atoms with Crippen LogP contribution in [-0.4, -0.2) is 37.8 Å². The number of fused-ring (bicyclic) bond motifs is 1. The zero-order valence-corrected chi connectivity index (χ0v) is 12.3. The summed E-state index contributed by atoms with van der Waals surface area (Å²) < 4.78 is 10.6. The van der Waals surface area contributed by atoms with Crippen molar-refractivity contribution >= 4 is 17.2 Å². The minimum absolute atomic E-state index is 0.102. The minimum Gasteiger partial charge on any atom is -0.454 e. The predicted molar refractivity (Wildman–Crippen MR) is 79.9 cm³/mol. The van der Waals surface area contributed by atoms with Gasteiger partial charge in [0, 0.05) is 18.7 Å². The lowest BCUT2D eigenvalue weighted by Gasteiger charge is -2.01. The molecule has 0 fully saturated rings. The first kappa shape index (κ1) is 13.8. The first-order chi connectivity index (χ1) is 10.3. The number of hydrogen-bond acceptors (Lipinski definition) is 6. The van der Waals surface area contributed by atoms with Crippen LogP contribution in [0.4, 0.5) is 0 Å². The number of carbonyl (C=O) groups excluding carboxylic acids is 1. The summed E-state index contributed by atoms with van der Waals surface area (Å²) >= 11 is 1.36. The van der Waals surface area contributed by atoms with Gasteiger partial charge in [-0.15, -0.1) is 11.3 Å². The molecule has 0 spiro atoms. The Bertz CT molecular complexity index is 657.